The highest BCUT2D eigenvalue weighted by atomic mass is 19.1. The minimum absolute atomic E-state index is 0.0112. The van der Waals surface area contributed by atoms with E-state index < -0.39 is 18.0 Å². The molecule has 0 aliphatic carbocycles. The predicted octanol–water partition coefficient (Wildman–Crippen LogP) is 2.36. The number of benzene rings is 1. The molecule has 0 fully saturated rings. The van der Waals surface area contributed by atoms with E-state index in [-0.39, 0.29) is 23.5 Å². The van der Waals surface area contributed by atoms with Gasteiger partial charge in [0, 0.05) is 0 Å². The molecule has 0 amide bonds. The van der Waals surface area contributed by atoms with Crippen molar-refractivity contribution in [3.8, 4) is 17.9 Å². The van der Waals surface area contributed by atoms with Crippen LogP contribution in [0, 0.1) is 28.5 Å². The SMILES string of the molecule is C=CCOc1cc(C(=O)CC#N)c(F)cc1C#N. The van der Waals surface area contributed by atoms with Gasteiger partial charge >= 0.3 is 0 Å². The molecule has 4 nitrogen and oxygen atoms in total. The Kier molecular flexibility index (Phi) is 4.59. The maximum absolute atomic E-state index is 13.6. The van der Waals surface area contributed by atoms with Gasteiger partial charge in [0.1, 0.15) is 24.2 Å². The molecule has 1 rings (SSSR count). The molecule has 0 bridgehead atoms. The summed E-state index contributed by atoms with van der Waals surface area (Å²) in [5.41, 5.74) is -0.266. The van der Waals surface area contributed by atoms with Crippen LogP contribution < -0.4 is 4.74 Å². The van der Waals surface area contributed by atoms with E-state index in [1.54, 1.807) is 12.1 Å². The minimum Gasteiger partial charge on any atom is -0.488 e. The Morgan fingerprint density at radius 1 is 1.50 bits per heavy atom. The number of ether oxygens (including phenoxy) is 1. The van der Waals surface area contributed by atoms with Gasteiger partial charge in [0.2, 0.25) is 0 Å². The van der Waals surface area contributed by atoms with Crippen molar-refractivity contribution in [1.82, 2.24) is 0 Å². The Morgan fingerprint density at radius 3 is 2.78 bits per heavy atom. The summed E-state index contributed by atoms with van der Waals surface area (Å²) in [5.74, 6) is -1.39. The van der Waals surface area contributed by atoms with Gasteiger partial charge in [-0.3, -0.25) is 4.79 Å². The zero-order chi connectivity index (χ0) is 13.5. The molecule has 0 saturated carbocycles. The lowest BCUT2D eigenvalue weighted by atomic mass is 10.0. The zero-order valence-electron chi connectivity index (χ0n) is 9.44. The molecule has 0 radical (unpaired) electrons. The second-order valence-electron chi connectivity index (χ2n) is 3.30. The lowest BCUT2D eigenvalue weighted by Crippen LogP contribution is -2.04. The van der Waals surface area contributed by atoms with Crippen molar-refractivity contribution in [2.24, 2.45) is 0 Å². The largest absolute Gasteiger partial charge is 0.488 e. The lowest BCUT2D eigenvalue weighted by molar-refractivity contribution is 0.0993. The highest BCUT2D eigenvalue weighted by molar-refractivity contribution is 5.98. The third-order valence-corrected chi connectivity index (χ3v) is 2.09. The quantitative estimate of drug-likeness (QED) is 0.588. The first kappa shape index (κ1) is 13.4. The van der Waals surface area contributed by atoms with Crippen molar-refractivity contribution in [2.75, 3.05) is 6.61 Å². The van der Waals surface area contributed by atoms with Gasteiger partial charge in [-0.25, -0.2) is 4.39 Å². The van der Waals surface area contributed by atoms with Crippen LogP contribution >= 0.6 is 0 Å². The summed E-state index contributed by atoms with van der Waals surface area (Å²) in [6.07, 6.45) is 1.03. The average molecular weight is 244 g/mol. The van der Waals surface area contributed by atoms with E-state index in [0.29, 0.717) is 0 Å². The first-order chi connectivity index (χ1) is 8.63. The van der Waals surface area contributed by atoms with E-state index in [0.717, 1.165) is 12.1 Å². The summed E-state index contributed by atoms with van der Waals surface area (Å²) in [6, 6.07) is 5.47. The highest BCUT2D eigenvalue weighted by Crippen LogP contribution is 2.23. The third-order valence-electron chi connectivity index (χ3n) is 2.09. The Balaban J connectivity index is 3.22. The van der Waals surface area contributed by atoms with Crippen LogP contribution in [-0.2, 0) is 0 Å². The molecule has 0 heterocycles. The molecule has 0 aromatic heterocycles. The monoisotopic (exact) mass is 244 g/mol. The molecule has 0 aliphatic heterocycles. The molecule has 0 aliphatic rings. The van der Waals surface area contributed by atoms with Crippen molar-refractivity contribution in [2.45, 2.75) is 6.42 Å². The summed E-state index contributed by atoms with van der Waals surface area (Å²) < 4.78 is 18.7. The minimum atomic E-state index is -0.835. The fraction of sp³-hybridized carbons (Fsp3) is 0.154. The van der Waals surface area contributed by atoms with Crippen LogP contribution in [0.15, 0.2) is 24.8 Å². The number of rotatable bonds is 5. The van der Waals surface area contributed by atoms with E-state index in [1.807, 2.05) is 0 Å². The molecule has 0 N–H and O–H groups in total. The zero-order valence-corrected chi connectivity index (χ0v) is 9.44. The Hall–Kier alpha value is -2.66. The van der Waals surface area contributed by atoms with E-state index in [2.05, 4.69) is 6.58 Å². The number of halogens is 1. The molecule has 0 spiro atoms. The van der Waals surface area contributed by atoms with Crippen molar-refractivity contribution >= 4 is 5.78 Å². The summed E-state index contributed by atoms with van der Waals surface area (Å²) in [6.45, 7) is 3.57. The van der Waals surface area contributed by atoms with Crippen LogP contribution in [0.25, 0.3) is 0 Å². The third kappa shape index (κ3) is 2.93. The number of carbonyl (C=O) groups is 1. The van der Waals surface area contributed by atoms with E-state index >= 15 is 0 Å². The Labute approximate surface area is 104 Å². The van der Waals surface area contributed by atoms with E-state index in [4.69, 9.17) is 15.3 Å². The Morgan fingerprint density at radius 2 is 2.22 bits per heavy atom. The van der Waals surface area contributed by atoms with Crippen molar-refractivity contribution < 1.29 is 13.9 Å². The normalized spacial score (nSPS) is 9.06. The van der Waals surface area contributed by atoms with Gasteiger partial charge in [0.15, 0.2) is 5.78 Å². The molecule has 18 heavy (non-hydrogen) atoms. The van der Waals surface area contributed by atoms with Gasteiger partial charge in [0.25, 0.3) is 0 Å². The molecule has 1 aromatic carbocycles. The van der Waals surface area contributed by atoms with Gasteiger partial charge in [0.05, 0.1) is 23.6 Å². The molecular formula is C13H9FN2O2. The van der Waals surface area contributed by atoms with Crippen LogP contribution in [0.4, 0.5) is 4.39 Å². The topological polar surface area (TPSA) is 73.9 Å². The summed E-state index contributed by atoms with van der Waals surface area (Å²) in [7, 11) is 0. The van der Waals surface area contributed by atoms with Gasteiger partial charge in [-0.05, 0) is 12.1 Å². The van der Waals surface area contributed by atoms with E-state index in [9.17, 15) is 9.18 Å². The number of nitrogens with zero attached hydrogens (tertiary/aromatic N) is 2. The Bertz CT molecular complexity index is 568. The fourth-order valence-electron chi connectivity index (χ4n) is 1.29. The summed E-state index contributed by atoms with van der Waals surface area (Å²) in [4.78, 5) is 11.5. The first-order valence-electron chi connectivity index (χ1n) is 5.01. The second-order valence-corrected chi connectivity index (χ2v) is 3.30. The molecular weight excluding hydrogens is 235 g/mol. The predicted molar refractivity (Wildman–Crippen MR) is 61.4 cm³/mol. The van der Waals surface area contributed by atoms with Crippen LogP contribution in [0.1, 0.15) is 22.3 Å². The summed E-state index contributed by atoms with van der Waals surface area (Å²) in [5, 5.41) is 17.2. The lowest BCUT2D eigenvalue weighted by Gasteiger charge is -2.08. The average Bonchev–Trinajstić information content (AvgIpc) is 2.37. The number of nitriles is 2. The molecule has 1 aromatic rings. The standard InChI is InChI=1S/C13H9FN2O2/c1-2-5-18-13-7-10(12(17)3-4-15)11(14)6-9(13)8-16/h2,6-7H,1,3,5H2. The summed E-state index contributed by atoms with van der Waals surface area (Å²) >= 11 is 0. The number of hydrogen-bond acceptors (Lipinski definition) is 4. The molecule has 0 unspecified atom stereocenters. The van der Waals surface area contributed by atoms with Crippen LogP contribution in [0.3, 0.4) is 0 Å². The number of Topliss-reactive ketones (excluding diaryl/α,β-unsaturated/α-hetero) is 1. The second kappa shape index (κ2) is 6.17. The highest BCUT2D eigenvalue weighted by Gasteiger charge is 2.16. The number of ketones is 1. The first-order valence-corrected chi connectivity index (χ1v) is 5.01. The maximum Gasteiger partial charge on any atom is 0.179 e. The van der Waals surface area contributed by atoms with E-state index in [1.165, 1.54) is 6.08 Å². The van der Waals surface area contributed by atoms with Crippen LogP contribution in [0.5, 0.6) is 5.75 Å². The van der Waals surface area contributed by atoms with Gasteiger partial charge < -0.3 is 4.74 Å². The fourth-order valence-corrected chi connectivity index (χ4v) is 1.29. The van der Waals surface area contributed by atoms with Gasteiger partial charge in [-0.2, -0.15) is 10.5 Å². The van der Waals surface area contributed by atoms with Gasteiger partial charge in [-0.1, -0.05) is 12.7 Å². The van der Waals surface area contributed by atoms with Gasteiger partial charge in [-0.15, -0.1) is 0 Å². The van der Waals surface area contributed by atoms with Crippen LogP contribution in [0.2, 0.25) is 0 Å². The maximum atomic E-state index is 13.6. The molecule has 90 valence electrons. The number of hydrogen-bond donors (Lipinski definition) is 0. The van der Waals surface area contributed by atoms with Crippen molar-refractivity contribution in [1.29, 1.82) is 10.5 Å². The molecule has 0 saturated heterocycles. The molecule has 5 heteroatoms. The van der Waals surface area contributed by atoms with Crippen molar-refractivity contribution in [3.63, 3.8) is 0 Å². The number of carbonyl (C=O) groups excluding carboxylic acids is 1. The van der Waals surface area contributed by atoms with Crippen molar-refractivity contribution in [3.05, 3.63) is 41.7 Å². The molecule has 0 atom stereocenters. The smallest absolute Gasteiger partial charge is 0.179 e. The van der Waals surface area contributed by atoms with Crippen LogP contribution in [-0.4, -0.2) is 12.4 Å².